The largest absolute Gasteiger partial charge is 0.368 e. The van der Waals surface area contributed by atoms with Crippen molar-refractivity contribution in [3.8, 4) is 0 Å². The molecule has 0 saturated carbocycles. The highest BCUT2D eigenvalue weighted by atomic mass is 16.5. The van der Waals surface area contributed by atoms with Gasteiger partial charge in [-0.25, -0.2) is 0 Å². The quantitative estimate of drug-likeness (QED) is 0.779. The Hall–Kier alpha value is -1.47. The number of nitrogens with one attached hydrogen (secondary N) is 2. The first-order valence-corrected chi connectivity index (χ1v) is 6.51. The molecule has 1 saturated heterocycles. The van der Waals surface area contributed by atoms with E-state index in [2.05, 4.69) is 20.8 Å². The number of piperazine rings is 1. The van der Waals surface area contributed by atoms with Crippen molar-refractivity contribution in [2.75, 3.05) is 19.7 Å². The van der Waals surface area contributed by atoms with Crippen LogP contribution in [-0.2, 0) is 21.6 Å². The van der Waals surface area contributed by atoms with Gasteiger partial charge < -0.3 is 19.9 Å². The van der Waals surface area contributed by atoms with E-state index in [9.17, 15) is 4.79 Å². The minimum atomic E-state index is -0.585. The van der Waals surface area contributed by atoms with E-state index in [0.29, 0.717) is 31.3 Å². The van der Waals surface area contributed by atoms with Gasteiger partial charge in [-0.2, -0.15) is 4.98 Å². The normalized spacial score (nSPS) is 20.4. The average Bonchev–Trinajstić information content (AvgIpc) is 2.81. The molecule has 19 heavy (non-hydrogen) atoms. The van der Waals surface area contributed by atoms with Crippen LogP contribution in [0.4, 0.5) is 0 Å². The number of hydrogen-bond acceptors (Lipinski definition) is 6. The van der Waals surface area contributed by atoms with E-state index in [4.69, 9.17) is 9.26 Å². The zero-order valence-electron chi connectivity index (χ0n) is 11.5. The third-order valence-electron chi connectivity index (χ3n) is 3.02. The van der Waals surface area contributed by atoms with Crippen molar-refractivity contribution in [1.82, 2.24) is 20.8 Å². The lowest BCUT2D eigenvalue weighted by atomic mass is 10.1. The van der Waals surface area contributed by atoms with E-state index in [1.807, 2.05) is 20.8 Å². The molecule has 1 aliphatic heterocycles. The van der Waals surface area contributed by atoms with Crippen molar-refractivity contribution >= 4 is 5.91 Å². The Morgan fingerprint density at radius 3 is 2.95 bits per heavy atom. The molecular formula is C12H20N4O3. The molecule has 1 aromatic heterocycles. The molecule has 1 aliphatic rings. The monoisotopic (exact) mass is 268 g/mol. The van der Waals surface area contributed by atoms with Gasteiger partial charge >= 0.3 is 0 Å². The number of hydrogen-bond donors (Lipinski definition) is 2. The maximum atomic E-state index is 11.6. The van der Waals surface area contributed by atoms with Gasteiger partial charge in [-0.3, -0.25) is 4.79 Å². The molecule has 1 aromatic rings. The Bertz CT molecular complexity index is 444. The van der Waals surface area contributed by atoms with E-state index in [-0.39, 0.29) is 11.9 Å². The number of carbonyl (C=O) groups excluding carboxylic acids is 1. The molecule has 2 rings (SSSR count). The highest BCUT2D eigenvalue weighted by Crippen LogP contribution is 2.21. The molecule has 2 heterocycles. The number of amides is 1. The summed E-state index contributed by atoms with van der Waals surface area (Å²) in [6.07, 6.45) is 0.390. The van der Waals surface area contributed by atoms with Gasteiger partial charge in [0.05, 0.1) is 12.5 Å². The molecule has 0 radical (unpaired) electrons. The van der Waals surface area contributed by atoms with Crippen LogP contribution < -0.4 is 10.6 Å². The first-order chi connectivity index (χ1) is 9.03. The highest BCUT2D eigenvalue weighted by molar-refractivity contribution is 5.82. The molecule has 0 aliphatic carbocycles. The second kappa shape index (κ2) is 5.66. The molecule has 1 atom stereocenters. The fourth-order valence-corrected chi connectivity index (χ4v) is 2.00. The van der Waals surface area contributed by atoms with Crippen molar-refractivity contribution in [3.63, 3.8) is 0 Å². The molecule has 7 heteroatoms. The lowest BCUT2D eigenvalue weighted by molar-refractivity contribution is -0.124. The lowest BCUT2D eigenvalue weighted by Crippen LogP contribution is -2.53. The van der Waals surface area contributed by atoms with Crippen LogP contribution in [0.15, 0.2) is 4.52 Å². The molecule has 1 amide bonds. The molecule has 0 spiro atoms. The smallest absolute Gasteiger partial charge is 0.237 e. The molecular weight excluding hydrogens is 248 g/mol. The molecule has 0 aromatic carbocycles. The molecule has 7 nitrogen and oxygen atoms in total. The van der Waals surface area contributed by atoms with E-state index in [1.165, 1.54) is 0 Å². The van der Waals surface area contributed by atoms with Crippen LogP contribution in [0.5, 0.6) is 0 Å². The van der Waals surface area contributed by atoms with Crippen LogP contribution in [0, 0.1) is 0 Å². The summed E-state index contributed by atoms with van der Waals surface area (Å²) >= 11 is 0. The standard InChI is InChI=1S/C12H20N4O3/c1-4-18-12(2,3)11-15-9(19-16-11)7-8-10(17)14-6-5-13-8/h8,13H,4-7H2,1-3H3,(H,14,17). The van der Waals surface area contributed by atoms with Crippen LogP contribution in [0.1, 0.15) is 32.5 Å². The fourth-order valence-electron chi connectivity index (χ4n) is 2.00. The Balaban J connectivity index is 2.02. The van der Waals surface area contributed by atoms with Gasteiger partial charge in [-0.05, 0) is 20.8 Å². The van der Waals surface area contributed by atoms with E-state index >= 15 is 0 Å². The Labute approximate surface area is 112 Å². The third kappa shape index (κ3) is 3.30. The second-order valence-corrected chi connectivity index (χ2v) is 4.96. The van der Waals surface area contributed by atoms with Gasteiger partial charge in [0, 0.05) is 19.7 Å². The molecule has 106 valence electrons. The van der Waals surface area contributed by atoms with Crippen molar-refractivity contribution < 1.29 is 14.1 Å². The summed E-state index contributed by atoms with van der Waals surface area (Å²) in [7, 11) is 0. The maximum absolute atomic E-state index is 11.6. The molecule has 1 unspecified atom stereocenters. The van der Waals surface area contributed by atoms with Crippen LogP contribution in [0.25, 0.3) is 0 Å². The number of rotatable bonds is 5. The van der Waals surface area contributed by atoms with Crippen LogP contribution in [-0.4, -0.2) is 41.8 Å². The van der Waals surface area contributed by atoms with Crippen molar-refractivity contribution in [2.45, 2.75) is 38.8 Å². The minimum absolute atomic E-state index is 0.0323. The number of nitrogens with zero attached hydrogens (tertiary/aromatic N) is 2. The predicted molar refractivity (Wildman–Crippen MR) is 67.5 cm³/mol. The van der Waals surface area contributed by atoms with Crippen molar-refractivity contribution in [3.05, 3.63) is 11.7 Å². The fraction of sp³-hybridized carbons (Fsp3) is 0.750. The topological polar surface area (TPSA) is 89.3 Å². The van der Waals surface area contributed by atoms with Crippen LogP contribution in [0.2, 0.25) is 0 Å². The van der Waals surface area contributed by atoms with Gasteiger partial charge in [-0.15, -0.1) is 0 Å². The van der Waals surface area contributed by atoms with Crippen LogP contribution in [0.3, 0.4) is 0 Å². The Morgan fingerprint density at radius 2 is 2.26 bits per heavy atom. The highest BCUT2D eigenvalue weighted by Gasteiger charge is 2.29. The second-order valence-electron chi connectivity index (χ2n) is 4.96. The first kappa shape index (κ1) is 14.0. The van der Waals surface area contributed by atoms with Crippen molar-refractivity contribution in [1.29, 1.82) is 0 Å². The first-order valence-electron chi connectivity index (χ1n) is 6.51. The van der Waals surface area contributed by atoms with Gasteiger partial charge in [-0.1, -0.05) is 5.16 Å². The summed E-state index contributed by atoms with van der Waals surface area (Å²) < 4.78 is 10.7. The van der Waals surface area contributed by atoms with Gasteiger partial charge in [0.25, 0.3) is 0 Å². The van der Waals surface area contributed by atoms with E-state index in [0.717, 1.165) is 6.54 Å². The summed E-state index contributed by atoms with van der Waals surface area (Å²) in [5, 5.41) is 9.84. The zero-order chi connectivity index (χ0) is 13.9. The minimum Gasteiger partial charge on any atom is -0.368 e. The maximum Gasteiger partial charge on any atom is 0.237 e. The number of ether oxygens (including phenoxy) is 1. The molecule has 2 N–H and O–H groups in total. The Kier molecular flexibility index (Phi) is 4.16. The number of aromatic nitrogens is 2. The molecule has 1 fully saturated rings. The van der Waals surface area contributed by atoms with E-state index < -0.39 is 5.60 Å². The number of carbonyl (C=O) groups is 1. The predicted octanol–water partition coefficient (Wildman–Crippen LogP) is -0.0283. The summed E-state index contributed by atoms with van der Waals surface area (Å²) in [4.78, 5) is 15.9. The van der Waals surface area contributed by atoms with Crippen LogP contribution >= 0.6 is 0 Å². The van der Waals surface area contributed by atoms with Gasteiger partial charge in [0.1, 0.15) is 5.60 Å². The summed E-state index contributed by atoms with van der Waals surface area (Å²) in [6.45, 7) is 7.67. The molecule has 0 bridgehead atoms. The van der Waals surface area contributed by atoms with Gasteiger partial charge in [0.15, 0.2) is 0 Å². The lowest BCUT2D eigenvalue weighted by Gasteiger charge is -2.22. The summed E-state index contributed by atoms with van der Waals surface area (Å²) in [6, 6.07) is -0.308. The summed E-state index contributed by atoms with van der Waals surface area (Å²) in [5.74, 6) is 0.910. The van der Waals surface area contributed by atoms with Crippen molar-refractivity contribution in [2.24, 2.45) is 0 Å². The summed E-state index contributed by atoms with van der Waals surface area (Å²) in [5.41, 5.74) is -0.585. The Morgan fingerprint density at radius 1 is 1.47 bits per heavy atom. The van der Waals surface area contributed by atoms with E-state index in [1.54, 1.807) is 0 Å². The zero-order valence-corrected chi connectivity index (χ0v) is 11.5. The average molecular weight is 268 g/mol. The van der Waals surface area contributed by atoms with Gasteiger partial charge in [0.2, 0.25) is 17.6 Å². The third-order valence-corrected chi connectivity index (χ3v) is 3.02. The SMILES string of the molecule is CCOC(C)(C)c1noc(CC2NCCNC2=O)n1.